The van der Waals surface area contributed by atoms with Crippen molar-refractivity contribution in [3.05, 3.63) is 0 Å². The molecule has 3 N–H and O–H groups in total. The van der Waals surface area contributed by atoms with Crippen molar-refractivity contribution in [2.24, 2.45) is 0 Å². The van der Waals surface area contributed by atoms with Crippen LogP contribution in [0.2, 0.25) is 0 Å². The number of unbranched alkanes of at least 4 members (excludes halogenated alkanes) is 37. The summed E-state index contributed by atoms with van der Waals surface area (Å²) in [6, 6.07) is 0. The van der Waals surface area contributed by atoms with E-state index in [1.165, 1.54) is 218 Å². The van der Waals surface area contributed by atoms with Gasteiger partial charge in [-0.25, -0.2) is 4.57 Å². The van der Waals surface area contributed by atoms with Gasteiger partial charge in [0.1, 0.15) is 12.2 Å². The lowest BCUT2D eigenvalue weighted by atomic mass is 10.0. The van der Waals surface area contributed by atoms with E-state index in [1.807, 2.05) is 0 Å². The lowest BCUT2D eigenvalue weighted by molar-refractivity contribution is -0.154. The number of phosphoric acid groups is 1. The third-order valence-electron chi connectivity index (χ3n) is 11.8. The van der Waals surface area contributed by atoms with Crippen molar-refractivity contribution in [1.29, 1.82) is 0 Å². The highest BCUT2D eigenvalue weighted by Gasteiger charge is 2.26. The van der Waals surface area contributed by atoms with Crippen molar-refractivity contribution in [2.45, 2.75) is 283 Å². The smallest absolute Gasteiger partial charge is 0.457 e. The summed E-state index contributed by atoms with van der Waals surface area (Å²) in [5.41, 5.74) is 0. The molecule has 0 aromatic heterocycles. The van der Waals surface area contributed by atoms with Crippen LogP contribution in [0.1, 0.15) is 271 Å². The van der Waals surface area contributed by atoms with Crippen LogP contribution in [0.15, 0.2) is 0 Å². The number of aliphatic hydroxyl groups is 2. The molecule has 360 valence electrons. The summed E-state index contributed by atoms with van der Waals surface area (Å²) >= 11 is 0. The molecule has 0 aromatic carbocycles. The quantitative estimate of drug-likeness (QED) is 0.0310. The van der Waals surface area contributed by atoms with E-state index in [0.717, 1.165) is 32.1 Å². The second-order valence-corrected chi connectivity index (χ2v) is 19.4. The average Bonchev–Trinajstić information content (AvgIpc) is 3.24. The summed E-state index contributed by atoms with van der Waals surface area (Å²) in [6.45, 7) is 3.61. The van der Waals surface area contributed by atoms with E-state index in [1.54, 1.807) is 0 Å². The highest BCUT2D eigenvalue weighted by Crippen LogP contribution is 2.43. The van der Waals surface area contributed by atoms with Crippen LogP contribution >= 0.6 is 7.82 Å². The predicted octanol–water partition coefficient (Wildman–Crippen LogP) is 15.0. The Bertz CT molecular complexity index is 907. The molecule has 0 fully saturated rings. The molecule has 0 amide bonds. The molecule has 9 nitrogen and oxygen atoms in total. The first kappa shape index (κ1) is 59.5. The molecule has 0 saturated carbocycles. The Kier molecular flexibility index (Phi) is 47.5. The van der Waals surface area contributed by atoms with Crippen LogP contribution in [-0.2, 0) is 27.9 Å². The number of carbonyl (C=O) groups excluding carboxylic acids is 1. The number of hydrogen-bond donors (Lipinski definition) is 3. The zero-order chi connectivity index (χ0) is 43.9. The molecule has 0 aromatic rings. The second kappa shape index (κ2) is 47.9. The standard InChI is InChI=1S/C50H101O9P/c1-3-5-7-9-11-13-15-17-19-21-23-24-26-28-30-32-34-36-38-40-42-50(53)59-49(47-58-60(54,55)57-45-48(52)44-51)46-56-43-41-39-37-35-33-31-29-27-25-22-20-18-16-14-12-10-8-6-4-2/h48-49,51-52H,3-47H2,1-2H3,(H,54,55). The zero-order valence-electron chi connectivity index (χ0n) is 39.7. The first-order valence-electron chi connectivity index (χ1n) is 26.0. The second-order valence-electron chi connectivity index (χ2n) is 17.9. The maximum atomic E-state index is 12.7. The highest BCUT2D eigenvalue weighted by atomic mass is 31.2. The van der Waals surface area contributed by atoms with E-state index in [9.17, 15) is 19.4 Å². The van der Waals surface area contributed by atoms with Gasteiger partial charge in [-0.05, 0) is 12.8 Å². The molecule has 0 aliphatic carbocycles. The Balaban J connectivity index is 4.01. The van der Waals surface area contributed by atoms with Crippen LogP contribution in [0.3, 0.4) is 0 Å². The maximum absolute atomic E-state index is 12.7. The lowest BCUT2D eigenvalue weighted by Crippen LogP contribution is -2.29. The number of hydrogen-bond acceptors (Lipinski definition) is 8. The number of aliphatic hydroxyl groups excluding tert-OH is 2. The fraction of sp³-hybridized carbons (Fsp3) is 0.980. The summed E-state index contributed by atoms with van der Waals surface area (Å²) in [6.07, 6.45) is 49.3. The van der Waals surface area contributed by atoms with E-state index < -0.39 is 33.2 Å². The third kappa shape index (κ3) is 47.0. The molecular weight excluding hydrogens is 776 g/mol. The molecule has 3 unspecified atom stereocenters. The monoisotopic (exact) mass is 877 g/mol. The van der Waals surface area contributed by atoms with E-state index >= 15 is 0 Å². The van der Waals surface area contributed by atoms with Crippen molar-refractivity contribution in [3.8, 4) is 0 Å². The summed E-state index contributed by atoms with van der Waals surface area (Å²) in [5.74, 6) is -0.373. The van der Waals surface area contributed by atoms with Gasteiger partial charge in [-0.2, -0.15) is 0 Å². The fourth-order valence-electron chi connectivity index (χ4n) is 7.83. The van der Waals surface area contributed by atoms with Gasteiger partial charge in [-0.15, -0.1) is 0 Å². The number of phosphoric ester groups is 1. The Morgan fingerprint density at radius 2 is 0.750 bits per heavy atom. The number of esters is 1. The molecule has 0 heterocycles. The first-order chi connectivity index (χ1) is 29.3. The minimum atomic E-state index is -4.51. The minimum Gasteiger partial charge on any atom is -0.457 e. The van der Waals surface area contributed by atoms with Crippen molar-refractivity contribution in [2.75, 3.05) is 33.0 Å². The van der Waals surface area contributed by atoms with Gasteiger partial charge in [0.15, 0.2) is 0 Å². The fourth-order valence-corrected chi connectivity index (χ4v) is 8.62. The molecule has 0 radical (unpaired) electrons. The van der Waals surface area contributed by atoms with Gasteiger partial charge in [0, 0.05) is 13.0 Å². The van der Waals surface area contributed by atoms with Crippen LogP contribution in [-0.4, -0.2) is 66.3 Å². The third-order valence-corrected chi connectivity index (χ3v) is 12.7. The Labute approximate surface area is 371 Å². The van der Waals surface area contributed by atoms with E-state index in [4.69, 9.17) is 23.6 Å². The van der Waals surface area contributed by atoms with Crippen LogP contribution in [0.25, 0.3) is 0 Å². The summed E-state index contributed by atoms with van der Waals surface area (Å²) < 4.78 is 33.6. The van der Waals surface area contributed by atoms with Gasteiger partial charge in [0.05, 0.1) is 26.4 Å². The summed E-state index contributed by atoms with van der Waals surface area (Å²) in [5, 5.41) is 18.4. The van der Waals surface area contributed by atoms with Crippen molar-refractivity contribution >= 4 is 13.8 Å². The molecule has 60 heavy (non-hydrogen) atoms. The van der Waals surface area contributed by atoms with Gasteiger partial charge in [-0.3, -0.25) is 13.8 Å². The average molecular weight is 877 g/mol. The largest absolute Gasteiger partial charge is 0.472 e. The van der Waals surface area contributed by atoms with Gasteiger partial charge in [0.25, 0.3) is 0 Å². The molecule has 3 atom stereocenters. The molecule has 0 aliphatic rings. The van der Waals surface area contributed by atoms with Crippen LogP contribution < -0.4 is 0 Å². The lowest BCUT2D eigenvalue weighted by Gasteiger charge is -2.20. The number of ether oxygens (including phenoxy) is 2. The van der Waals surface area contributed by atoms with Crippen LogP contribution in [0, 0.1) is 0 Å². The van der Waals surface area contributed by atoms with Crippen molar-refractivity contribution in [1.82, 2.24) is 0 Å². The summed E-state index contributed by atoms with van der Waals surface area (Å²) in [4.78, 5) is 22.7. The molecule has 0 aliphatic heterocycles. The number of carbonyl (C=O) groups is 1. The molecule has 0 rings (SSSR count). The van der Waals surface area contributed by atoms with Crippen molar-refractivity contribution in [3.63, 3.8) is 0 Å². The zero-order valence-corrected chi connectivity index (χ0v) is 40.6. The summed E-state index contributed by atoms with van der Waals surface area (Å²) in [7, 11) is -4.51. The van der Waals surface area contributed by atoms with Gasteiger partial charge >= 0.3 is 13.8 Å². The maximum Gasteiger partial charge on any atom is 0.472 e. The number of rotatable bonds is 51. The van der Waals surface area contributed by atoms with Crippen LogP contribution in [0.4, 0.5) is 0 Å². The molecule has 0 bridgehead atoms. The molecule has 10 heteroatoms. The Hall–Kier alpha value is -0.540. The van der Waals surface area contributed by atoms with Crippen molar-refractivity contribution < 1.29 is 43.0 Å². The van der Waals surface area contributed by atoms with E-state index in [0.29, 0.717) is 6.61 Å². The van der Waals surface area contributed by atoms with E-state index in [2.05, 4.69) is 13.8 Å². The van der Waals surface area contributed by atoms with Gasteiger partial charge in [0.2, 0.25) is 0 Å². The van der Waals surface area contributed by atoms with Gasteiger partial charge < -0.3 is 24.6 Å². The highest BCUT2D eigenvalue weighted by molar-refractivity contribution is 7.47. The SMILES string of the molecule is CCCCCCCCCCCCCCCCCCCCCCC(=O)OC(COCCCCCCCCCCCCCCCCCCCCC)COP(=O)(O)OCC(O)CO. The molecule has 0 spiro atoms. The normalized spacial score (nSPS) is 13.8. The van der Waals surface area contributed by atoms with Gasteiger partial charge in [-0.1, -0.05) is 251 Å². The molecular formula is C50H101O9P. The Morgan fingerprint density at radius 3 is 1.08 bits per heavy atom. The minimum absolute atomic E-state index is 0.0588. The predicted molar refractivity (Wildman–Crippen MR) is 252 cm³/mol. The Morgan fingerprint density at radius 1 is 0.450 bits per heavy atom. The topological polar surface area (TPSA) is 132 Å². The molecule has 0 saturated heterocycles. The first-order valence-corrected chi connectivity index (χ1v) is 27.5. The van der Waals surface area contributed by atoms with Crippen LogP contribution in [0.5, 0.6) is 0 Å². The van der Waals surface area contributed by atoms with E-state index in [-0.39, 0.29) is 25.6 Å².